The van der Waals surface area contributed by atoms with Crippen LogP contribution >= 0.6 is 0 Å². The first-order valence-electron chi connectivity index (χ1n) is 9.78. The zero-order valence-corrected chi connectivity index (χ0v) is 18.4. The van der Waals surface area contributed by atoms with Gasteiger partial charge in [0.15, 0.2) is 0 Å². The van der Waals surface area contributed by atoms with Crippen LogP contribution in [0.3, 0.4) is 0 Å². The lowest BCUT2D eigenvalue weighted by Gasteiger charge is -2.20. The van der Waals surface area contributed by atoms with Crippen LogP contribution in [0, 0.1) is 0 Å². The Morgan fingerprint density at radius 3 is 2.06 bits per heavy atom. The van der Waals surface area contributed by atoms with Gasteiger partial charge in [0, 0.05) is 18.2 Å². The molecule has 0 aliphatic heterocycles. The Morgan fingerprint density at radius 2 is 1.55 bits per heavy atom. The van der Waals surface area contributed by atoms with Crippen molar-refractivity contribution in [1.82, 2.24) is 0 Å². The van der Waals surface area contributed by atoms with Crippen molar-refractivity contribution in [3.8, 4) is 5.75 Å². The summed E-state index contributed by atoms with van der Waals surface area (Å²) in [5.74, 6) is -0.310. The van der Waals surface area contributed by atoms with Crippen molar-refractivity contribution in [2.75, 3.05) is 21.3 Å². The van der Waals surface area contributed by atoms with Crippen molar-refractivity contribution in [3.05, 3.63) is 77.9 Å². The van der Waals surface area contributed by atoms with Crippen LogP contribution in [0.15, 0.2) is 66.7 Å². The number of ether oxygens (including phenoxy) is 4. The van der Waals surface area contributed by atoms with Crippen LogP contribution in [0.5, 0.6) is 5.75 Å². The Balaban J connectivity index is 0.000000407. The van der Waals surface area contributed by atoms with E-state index >= 15 is 0 Å². The molecule has 0 saturated heterocycles. The van der Waals surface area contributed by atoms with Gasteiger partial charge >= 0.3 is 11.9 Å². The van der Waals surface area contributed by atoms with Gasteiger partial charge in [-0.3, -0.25) is 0 Å². The molecule has 2 N–H and O–H groups in total. The molecule has 0 spiro atoms. The second-order valence-corrected chi connectivity index (χ2v) is 6.65. The molecule has 7 heteroatoms. The monoisotopic (exact) mass is 429 g/mol. The maximum Gasteiger partial charge on any atom is 0.330 e. The van der Waals surface area contributed by atoms with E-state index in [1.54, 1.807) is 7.11 Å². The third-order valence-corrected chi connectivity index (χ3v) is 4.10. The van der Waals surface area contributed by atoms with Gasteiger partial charge in [-0.15, -0.1) is 0 Å². The van der Waals surface area contributed by atoms with Crippen LogP contribution in [0.2, 0.25) is 0 Å². The number of benzene rings is 2. The number of methoxy groups -OCH3 is 3. The topological polar surface area (TPSA) is 97.1 Å². The summed E-state index contributed by atoms with van der Waals surface area (Å²) in [6.45, 7) is 2.55. The number of esters is 2. The van der Waals surface area contributed by atoms with Gasteiger partial charge in [0.05, 0.1) is 34.0 Å². The molecule has 0 radical (unpaired) electrons. The number of hydrogen-bond donors (Lipinski definition) is 1. The van der Waals surface area contributed by atoms with E-state index in [-0.39, 0.29) is 12.1 Å². The summed E-state index contributed by atoms with van der Waals surface area (Å²) in [5.41, 5.74) is 8.21. The summed E-state index contributed by atoms with van der Waals surface area (Å²) in [4.78, 5) is 20.6. The van der Waals surface area contributed by atoms with E-state index in [1.807, 2.05) is 49.4 Å². The van der Waals surface area contributed by atoms with Crippen molar-refractivity contribution in [1.29, 1.82) is 0 Å². The molecular weight excluding hydrogens is 398 g/mol. The Hall–Kier alpha value is -3.16. The van der Waals surface area contributed by atoms with Gasteiger partial charge in [0.25, 0.3) is 0 Å². The molecule has 0 aliphatic rings. The van der Waals surface area contributed by atoms with E-state index in [9.17, 15) is 9.59 Å². The number of hydrogen-bond acceptors (Lipinski definition) is 7. The Kier molecular flexibility index (Phi) is 12.3. The lowest BCUT2D eigenvalue weighted by molar-refractivity contribution is -0.137. The van der Waals surface area contributed by atoms with Crippen LogP contribution in [-0.4, -0.2) is 39.3 Å². The summed E-state index contributed by atoms with van der Waals surface area (Å²) < 4.78 is 19.7. The van der Waals surface area contributed by atoms with E-state index in [4.69, 9.17) is 15.2 Å². The van der Waals surface area contributed by atoms with Crippen LogP contribution in [0.1, 0.15) is 30.6 Å². The average Bonchev–Trinajstić information content (AvgIpc) is 2.80. The minimum absolute atomic E-state index is 0.0115. The predicted octanol–water partition coefficient (Wildman–Crippen LogP) is 3.58. The second-order valence-electron chi connectivity index (χ2n) is 6.65. The summed E-state index contributed by atoms with van der Waals surface area (Å²) in [7, 11) is 4.12. The average molecular weight is 430 g/mol. The standard InChI is InChI=1S/C18H23NO2.C6H8O4/c1-14(19)11-18(16-8-4-3-5-9-16)21-13-15-7-6-10-17(12-15)20-2;1-9-5(7)3-4-6(8)10-2/h3-10,12,14,18H,11,13,19H2,1-2H3;3-4H,1-2H3/b;4-3-. The lowest BCUT2D eigenvalue weighted by atomic mass is 10.0. The SMILES string of the molecule is COC(=O)/C=C\C(=O)OC.COc1cccc(COC(CC(C)N)c2ccccc2)c1. The minimum Gasteiger partial charge on any atom is -0.497 e. The van der Waals surface area contributed by atoms with Crippen molar-refractivity contribution in [2.45, 2.75) is 32.1 Å². The fraction of sp³-hybridized carbons (Fsp3) is 0.333. The number of rotatable bonds is 9. The van der Waals surface area contributed by atoms with E-state index in [2.05, 4.69) is 21.6 Å². The lowest BCUT2D eigenvalue weighted by Crippen LogP contribution is -2.20. The molecular formula is C24H31NO6. The van der Waals surface area contributed by atoms with Crippen LogP contribution in [0.4, 0.5) is 0 Å². The van der Waals surface area contributed by atoms with Crippen molar-refractivity contribution < 1.29 is 28.5 Å². The van der Waals surface area contributed by atoms with Gasteiger partial charge in [-0.2, -0.15) is 0 Å². The highest BCUT2D eigenvalue weighted by atomic mass is 16.5. The van der Waals surface area contributed by atoms with Gasteiger partial charge in [-0.1, -0.05) is 42.5 Å². The smallest absolute Gasteiger partial charge is 0.330 e. The highest BCUT2D eigenvalue weighted by Crippen LogP contribution is 2.24. The Bertz CT molecular complexity index is 802. The van der Waals surface area contributed by atoms with Gasteiger partial charge in [0.1, 0.15) is 5.75 Å². The maximum absolute atomic E-state index is 10.3. The molecule has 2 atom stereocenters. The minimum atomic E-state index is -0.578. The van der Waals surface area contributed by atoms with Gasteiger partial charge < -0.3 is 24.7 Å². The first-order chi connectivity index (χ1) is 14.9. The Labute approximate surface area is 183 Å². The maximum atomic E-state index is 10.3. The fourth-order valence-corrected chi connectivity index (χ4v) is 2.54. The molecule has 31 heavy (non-hydrogen) atoms. The molecule has 0 fully saturated rings. The number of carbonyl (C=O) groups is 2. The van der Waals surface area contributed by atoms with Gasteiger partial charge in [-0.25, -0.2) is 9.59 Å². The van der Waals surface area contributed by atoms with E-state index in [0.717, 1.165) is 35.4 Å². The van der Waals surface area contributed by atoms with Crippen LogP contribution < -0.4 is 10.5 Å². The van der Waals surface area contributed by atoms with E-state index < -0.39 is 11.9 Å². The molecule has 0 amide bonds. The summed E-state index contributed by atoms with van der Waals surface area (Å²) in [5, 5.41) is 0. The second kappa shape index (κ2) is 14.8. The molecule has 0 bridgehead atoms. The molecule has 0 saturated carbocycles. The third-order valence-electron chi connectivity index (χ3n) is 4.10. The summed E-state index contributed by atoms with van der Waals surface area (Å²) in [6, 6.07) is 18.3. The molecule has 2 unspecified atom stereocenters. The quantitative estimate of drug-likeness (QED) is 0.481. The van der Waals surface area contributed by atoms with Crippen molar-refractivity contribution in [2.24, 2.45) is 5.73 Å². The molecule has 7 nitrogen and oxygen atoms in total. The zero-order valence-electron chi connectivity index (χ0n) is 18.4. The summed E-state index contributed by atoms with van der Waals surface area (Å²) >= 11 is 0. The third kappa shape index (κ3) is 11.0. The van der Waals surface area contributed by atoms with Gasteiger partial charge in [0.2, 0.25) is 0 Å². The first-order valence-corrected chi connectivity index (χ1v) is 9.78. The normalized spacial score (nSPS) is 12.3. The highest BCUT2D eigenvalue weighted by Gasteiger charge is 2.14. The zero-order chi connectivity index (χ0) is 23.1. The van der Waals surface area contributed by atoms with Crippen molar-refractivity contribution in [3.63, 3.8) is 0 Å². The molecule has 2 rings (SSSR count). The Morgan fingerprint density at radius 1 is 0.935 bits per heavy atom. The van der Waals surface area contributed by atoms with Crippen LogP contribution in [0.25, 0.3) is 0 Å². The predicted molar refractivity (Wildman–Crippen MR) is 118 cm³/mol. The highest BCUT2D eigenvalue weighted by molar-refractivity contribution is 5.91. The molecule has 0 heterocycles. The largest absolute Gasteiger partial charge is 0.497 e. The number of nitrogens with two attached hydrogens (primary N) is 1. The first kappa shape index (κ1) is 25.9. The van der Waals surface area contributed by atoms with E-state index in [0.29, 0.717) is 6.61 Å². The number of carbonyl (C=O) groups excluding carboxylic acids is 2. The molecule has 0 aliphatic carbocycles. The molecule has 0 aromatic heterocycles. The molecule has 2 aromatic carbocycles. The molecule has 168 valence electrons. The van der Waals surface area contributed by atoms with E-state index in [1.165, 1.54) is 14.2 Å². The van der Waals surface area contributed by atoms with Crippen LogP contribution in [-0.2, 0) is 30.4 Å². The molecule has 2 aromatic rings. The summed E-state index contributed by atoms with van der Waals surface area (Å²) in [6.07, 6.45) is 2.79. The fourth-order valence-electron chi connectivity index (χ4n) is 2.54. The van der Waals surface area contributed by atoms with Crippen molar-refractivity contribution >= 4 is 11.9 Å². The van der Waals surface area contributed by atoms with Gasteiger partial charge in [-0.05, 0) is 36.6 Å².